The minimum atomic E-state index is -0.643. The lowest BCUT2D eigenvalue weighted by Gasteiger charge is -2.12. The number of hydrogen-bond donors (Lipinski definition) is 1. The first kappa shape index (κ1) is 18.5. The fraction of sp³-hybridized carbons (Fsp3) is 0.300. The molecule has 0 aliphatic rings. The molecular formula is C20H24N2O3. The van der Waals surface area contributed by atoms with E-state index in [-0.39, 0.29) is 5.91 Å². The Morgan fingerprint density at radius 1 is 1.16 bits per heavy atom. The zero-order chi connectivity index (χ0) is 17.9. The van der Waals surface area contributed by atoms with Crippen LogP contribution in [0.2, 0.25) is 0 Å². The highest BCUT2D eigenvalue weighted by molar-refractivity contribution is 5.86. The molecule has 2 rings (SSSR count). The molecule has 0 fully saturated rings. The predicted octanol–water partition coefficient (Wildman–Crippen LogP) is 3.78. The Balaban J connectivity index is 1.88. The van der Waals surface area contributed by atoms with Gasteiger partial charge in [0.05, 0.1) is 12.8 Å². The molecule has 0 bridgehead atoms. The van der Waals surface area contributed by atoms with Gasteiger partial charge in [-0.1, -0.05) is 43.7 Å². The van der Waals surface area contributed by atoms with Gasteiger partial charge in [-0.2, -0.15) is 5.10 Å². The van der Waals surface area contributed by atoms with Crippen LogP contribution in [0.15, 0.2) is 59.7 Å². The number of nitrogens with zero attached hydrogens (tertiary/aromatic N) is 1. The zero-order valence-corrected chi connectivity index (χ0v) is 14.6. The molecule has 0 radical (unpaired) electrons. The Morgan fingerprint density at radius 2 is 1.88 bits per heavy atom. The summed E-state index contributed by atoms with van der Waals surface area (Å²) in [6, 6.07) is 16.8. The third-order valence-electron chi connectivity index (χ3n) is 3.48. The van der Waals surface area contributed by atoms with Gasteiger partial charge in [-0.15, -0.1) is 0 Å². The van der Waals surface area contributed by atoms with Crippen LogP contribution in [0.25, 0.3) is 0 Å². The second-order valence-corrected chi connectivity index (χ2v) is 5.55. The zero-order valence-electron chi connectivity index (χ0n) is 14.6. The number of para-hydroxylation sites is 2. The molecule has 0 heterocycles. The molecule has 0 saturated carbocycles. The molecule has 1 atom stereocenters. The van der Waals surface area contributed by atoms with Crippen molar-refractivity contribution in [2.45, 2.75) is 32.8 Å². The van der Waals surface area contributed by atoms with Crippen molar-refractivity contribution in [3.05, 3.63) is 60.2 Å². The van der Waals surface area contributed by atoms with Gasteiger partial charge in [0.15, 0.2) is 6.10 Å². The first-order valence-corrected chi connectivity index (χ1v) is 8.47. The highest BCUT2D eigenvalue weighted by Crippen LogP contribution is 2.16. The summed E-state index contributed by atoms with van der Waals surface area (Å²) in [6.45, 7) is 4.46. The molecule has 132 valence electrons. The predicted molar refractivity (Wildman–Crippen MR) is 99.1 cm³/mol. The minimum Gasteiger partial charge on any atom is -0.493 e. The van der Waals surface area contributed by atoms with Gasteiger partial charge < -0.3 is 9.47 Å². The van der Waals surface area contributed by atoms with Gasteiger partial charge in [-0.3, -0.25) is 4.79 Å². The number of hydrazone groups is 1. The highest BCUT2D eigenvalue weighted by atomic mass is 16.5. The quantitative estimate of drug-likeness (QED) is 0.429. The van der Waals surface area contributed by atoms with Gasteiger partial charge in [-0.25, -0.2) is 5.43 Å². The normalized spacial score (nSPS) is 11.9. The summed E-state index contributed by atoms with van der Waals surface area (Å²) in [5, 5.41) is 4.01. The fourth-order valence-corrected chi connectivity index (χ4v) is 2.06. The average molecular weight is 340 g/mol. The van der Waals surface area contributed by atoms with Crippen LogP contribution in [-0.4, -0.2) is 24.8 Å². The van der Waals surface area contributed by atoms with Crippen LogP contribution in [0.3, 0.4) is 0 Å². The van der Waals surface area contributed by atoms with E-state index in [4.69, 9.17) is 9.47 Å². The van der Waals surface area contributed by atoms with Gasteiger partial charge in [0.2, 0.25) is 0 Å². The number of amides is 1. The largest absolute Gasteiger partial charge is 0.493 e. The van der Waals surface area contributed by atoms with Crippen LogP contribution in [0, 0.1) is 0 Å². The molecule has 5 nitrogen and oxygen atoms in total. The number of benzene rings is 2. The summed E-state index contributed by atoms with van der Waals surface area (Å²) in [6.07, 6.45) is 3.01. The van der Waals surface area contributed by atoms with Crippen LogP contribution in [0.1, 0.15) is 32.3 Å². The number of rotatable bonds is 9. The lowest BCUT2D eigenvalue weighted by Crippen LogP contribution is -2.33. The van der Waals surface area contributed by atoms with Crippen molar-refractivity contribution < 1.29 is 14.3 Å². The topological polar surface area (TPSA) is 59.9 Å². The van der Waals surface area contributed by atoms with Crippen molar-refractivity contribution >= 4 is 12.1 Å². The fourth-order valence-electron chi connectivity index (χ4n) is 2.06. The SMILES string of the molecule is CCCCOc1ccccc1/C=N/NC(=O)[C@H](C)Oc1ccccc1. The maximum atomic E-state index is 12.1. The van der Waals surface area contributed by atoms with Crippen molar-refractivity contribution in [1.29, 1.82) is 0 Å². The lowest BCUT2D eigenvalue weighted by atomic mass is 10.2. The second-order valence-electron chi connectivity index (χ2n) is 5.55. The number of nitrogens with one attached hydrogen (secondary N) is 1. The Morgan fingerprint density at radius 3 is 2.64 bits per heavy atom. The van der Waals surface area contributed by atoms with E-state index in [1.165, 1.54) is 0 Å². The third kappa shape index (κ3) is 6.30. The molecule has 1 amide bonds. The summed E-state index contributed by atoms with van der Waals surface area (Å²) in [7, 11) is 0. The minimum absolute atomic E-state index is 0.315. The molecule has 5 heteroatoms. The summed E-state index contributed by atoms with van der Waals surface area (Å²) < 4.78 is 11.3. The van der Waals surface area contributed by atoms with Gasteiger partial charge in [0.1, 0.15) is 11.5 Å². The van der Waals surface area contributed by atoms with Crippen molar-refractivity contribution in [2.75, 3.05) is 6.61 Å². The van der Waals surface area contributed by atoms with Crippen LogP contribution < -0.4 is 14.9 Å². The molecule has 0 aliphatic heterocycles. The molecule has 0 aromatic heterocycles. The first-order chi connectivity index (χ1) is 12.2. The van der Waals surface area contributed by atoms with Crippen molar-refractivity contribution in [3.8, 4) is 11.5 Å². The smallest absolute Gasteiger partial charge is 0.280 e. The van der Waals surface area contributed by atoms with E-state index < -0.39 is 6.10 Å². The van der Waals surface area contributed by atoms with E-state index in [9.17, 15) is 4.79 Å². The van der Waals surface area contributed by atoms with E-state index in [0.29, 0.717) is 12.4 Å². The summed E-state index contributed by atoms with van der Waals surface area (Å²) >= 11 is 0. The first-order valence-electron chi connectivity index (χ1n) is 8.47. The van der Waals surface area contributed by atoms with Crippen molar-refractivity contribution in [2.24, 2.45) is 5.10 Å². The number of hydrogen-bond acceptors (Lipinski definition) is 4. The molecule has 0 spiro atoms. The Kier molecular flexibility index (Phi) is 7.50. The maximum absolute atomic E-state index is 12.1. The standard InChI is InChI=1S/C20H24N2O3/c1-3-4-14-24-19-13-9-8-10-17(19)15-21-22-20(23)16(2)25-18-11-6-5-7-12-18/h5-13,15-16H,3-4,14H2,1-2H3,(H,22,23)/b21-15+/t16-/m0/s1. The van der Waals surface area contributed by atoms with Gasteiger partial charge in [-0.05, 0) is 37.6 Å². The summed E-state index contributed by atoms with van der Waals surface area (Å²) in [5.41, 5.74) is 3.31. The molecular weight excluding hydrogens is 316 g/mol. The van der Waals surface area contributed by atoms with Crippen LogP contribution in [-0.2, 0) is 4.79 Å². The molecule has 0 saturated heterocycles. The summed E-state index contributed by atoms with van der Waals surface area (Å²) in [4.78, 5) is 12.1. The Bertz CT molecular complexity index is 686. The number of carbonyl (C=O) groups excluding carboxylic acids is 1. The molecule has 0 unspecified atom stereocenters. The van der Waals surface area contributed by atoms with E-state index >= 15 is 0 Å². The van der Waals surface area contributed by atoms with Gasteiger partial charge >= 0.3 is 0 Å². The number of carbonyl (C=O) groups is 1. The Labute approximate surface area is 148 Å². The maximum Gasteiger partial charge on any atom is 0.280 e. The van der Waals surface area contributed by atoms with E-state index in [0.717, 1.165) is 24.2 Å². The molecule has 2 aromatic rings. The number of ether oxygens (including phenoxy) is 2. The second kappa shape index (κ2) is 10.1. The third-order valence-corrected chi connectivity index (χ3v) is 3.48. The van der Waals surface area contributed by atoms with Gasteiger partial charge in [0.25, 0.3) is 5.91 Å². The van der Waals surface area contributed by atoms with E-state index in [1.54, 1.807) is 25.3 Å². The Hall–Kier alpha value is -2.82. The monoisotopic (exact) mass is 340 g/mol. The van der Waals surface area contributed by atoms with Crippen LogP contribution >= 0.6 is 0 Å². The molecule has 25 heavy (non-hydrogen) atoms. The highest BCUT2D eigenvalue weighted by Gasteiger charge is 2.13. The van der Waals surface area contributed by atoms with Crippen LogP contribution in [0.5, 0.6) is 11.5 Å². The van der Waals surface area contributed by atoms with Crippen molar-refractivity contribution in [1.82, 2.24) is 5.43 Å². The van der Waals surface area contributed by atoms with Crippen molar-refractivity contribution in [3.63, 3.8) is 0 Å². The van der Waals surface area contributed by atoms with E-state index in [2.05, 4.69) is 17.5 Å². The molecule has 0 aliphatic carbocycles. The molecule has 2 aromatic carbocycles. The lowest BCUT2D eigenvalue weighted by molar-refractivity contribution is -0.127. The average Bonchev–Trinajstić information content (AvgIpc) is 2.64. The molecule has 1 N–H and O–H groups in total. The summed E-state index contributed by atoms with van der Waals surface area (Å²) in [5.74, 6) is 1.08. The van der Waals surface area contributed by atoms with Gasteiger partial charge in [0, 0.05) is 5.56 Å². The number of unbranched alkanes of at least 4 members (excludes halogenated alkanes) is 1. The van der Waals surface area contributed by atoms with E-state index in [1.807, 2.05) is 42.5 Å². The van der Waals surface area contributed by atoms with Crippen LogP contribution in [0.4, 0.5) is 0 Å².